The van der Waals surface area contributed by atoms with Gasteiger partial charge in [-0.15, -0.1) is 6.58 Å². The Morgan fingerprint density at radius 2 is 1.64 bits per heavy atom. The molecule has 0 amide bonds. The van der Waals surface area contributed by atoms with E-state index in [1.807, 2.05) is 6.08 Å². The van der Waals surface area contributed by atoms with Gasteiger partial charge in [0.15, 0.2) is 0 Å². The fourth-order valence-electron chi connectivity index (χ4n) is 6.53. The Hall–Kier alpha value is -0.340. The first-order valence-corrected chi connectivity index (χ1v) is 9.16. The lowest BCUT2D eigenvalue weighted by Gasteiger charge is -2.64. The van der Waals surface area contributed by atoms with Gasteiger partial charge in [0.05, 0.1) is 12.2 Å². The fraction of sp³-hybridized carbons (Fsp3) is 0.900. The zero-order chi connectivity index (χ0) is 16.3. The molecule has 126 valence electrons. The predicted molar refractivity (Wildman–Crippen MR) is 90.4 cm³/mol. The molecule has 0 saturated heterocycles. The molecule has 3 rings (SSSR count). The minimum atomic E-state index is -0.307. The molecule has 2 heteroatoms. The molecule has 0 spiro atoms. The van der Waals surface area contributed by atoms with Gasteiger partial charge in [-0.1, -0.05) is 33.8 Å². The van der Waals surface area contributed by atoms with Crippen molar-refractivity contribution < 1.29 is 10.2 Å². The van der Waals surface area contributed by atoms with E-state index in [9.17, 15) is 10.2 Å². The quantitative estimate of drug-likeness (QED) is 0.714. The Balaban J connectivity index is 1.97. The van der Waals surface area contributed by atoms with Crippen LogP contribution in [0.5, 0.6) is 0 Å². The van der Waals surface area contributed by atoms with Crippen molar-refractivity contribution in [3.63, 3.8) is 0 Å². The van der Waals surface area contributed by atoms with Crippen LogP contribution in [0, 0.1) is 34.0 Å². The third kappa shape index (κ3) is 2.06. The molecule has 0 radical (unpaired) electrons. The van der Waals surface area contributed by atoms with Gasteiger partial charge in [-0.3, -0.25) is 0 Å². The van der Waals surface area contributed by atoms with Crippen LogP contribution < -0.4 is 0 Å². The van der Waals surface area contributed by atoms with E-state index in [4.69, 9.17) is 0 Å². The molecule has 0 aromatic heterocycles. The van der Waals surface area contributed by atoms with Crippen LogP contribution in [0.2, 0.25) is 0 Å². The molecule has 0 aliphatic heterocycles. The van der Waals surface area contributed by atoms with E-state index in [0.717, 1.165) is 38.5 Å². The Morgan fingerprint density at radius 3 is 2.27 bits per heavy atom. The molecular weight excluding hydrogens is 272 g/mol. The van der Waals surface area contributed by atoms with Crippen molar-refractivity contribution in [2.24, 2.45) is 34.0 Å². The Bertz CT molecular complexity index is 457. The van der Waals surface area contributed by atoms with Gasteiger partial charge >= 0.3 is 0 Å². The van der Waals surface area contributed by atoms with E-state index in [1.165, 1.54) is 0 Å². The maximum Gasteiger partial charge on any atom is 0.0659 e. The summed E-state index contributed by atoms with van der Waals surface area (Å²) in [4.78, 5) is 0. The maximum absolute atomic E-state index is 11.0. The molecule has 7 atom stereocenters. The Kier molecular flexibility index (Phi) is 3.81. The Labute approximate surface area is 136 Å². The molecule has 0 bridgehead atoms. The summed E-state index contributed by atoms with van der Waals surface area (Å²) >= 11 is 0. The van der Waals surface area contributed by atoms with Gasteiger partial charge in [-0.25, -0.2) is 0 Å². The molecule has 3 aliphatic carbocycles. The van der Waals surface area contributed by atoms with Crippen molar-refractivity contribution in [2.75, 3.05) is 0 Å². The van der Waals surface area contributed by atoms with Crippen LogP contribution in [0.15, 0.2) is 12.7 Å². The molecule has 0 heterocycles. The van der Waals surface area contributed by atoms with Crippen molar-refractivity contribution in [3.05, 3.63) is 12.7 Å². The summed E-state index contributed by atoms with van der Waals surface area (Å²) in [5.74, 6) is 1.34. The lowest BCUT2D eigenvalue weighted by atomic mass is 9.42. The first kappa shape index (κ1) is 16.5. The zero-order valence-electron chi connectivity index (χ0n) is 14.8. The maximum atomic E-state index is 11.0. The van der Waals surface area contributed by atoms with Gasteiger partial charge in [0.25, 0.3) is 0 Å². The third-order valence-corrected chi connectivity index (χ3v) is 8.12. The van der Waals surface area contributed by atoms with Crippen LogP contribution in [0.4, 0.5) is 0 Å². The lowest BCUT2D eigenvalue weighted by Crippen LogP contribution is -2.62. The van der Waals surface area contributed by atoms with E-state index in [2.05, 4.69) is 34.3 Å². The molecule has 0 aromatic carbocycles. The largest absolute Gasteiger partial charge is 0.393 e. The van der Waals surface area contributed by atoms with Gasteiger partial charge in [0.2, 0.25) is 0 Å². The van der Waals surface area contributed by atoms with Crippen LogP contribution in [0.25, 0.3) is 0 Å². The van der Waals surface area contributed by atoms with Gasteiger partial charge < -0.3 is 10.2 Å². The summed E-state index contributed by atoms with van der Waals surface area (Å²) in [6.07, 6.45) is 7.84. The molecule has 7 unspecified atom stereocenters. The molecule has 3 aliphatic rings. The number of hydrogen-bond donors (Lipinski definition) is 2. The molecule has 2 nitrogen and oxygen atoms in total. The highest BCUT2D eigenvalue weighted by Gasteiger charge is 2.61. The molecular formula is C20H34O2. The number of fused-ring (bicyclic) bond motifs is 3. The summed E-state index contributed by atoms with van der Waals surface area (Å²) in [6.45, 7) is 13.2. The fourth-order valence-corrected chi connectivity index (χ4v) is 6.53. The highest BCUT2D eigenvalue weighted by molar-refractivity contribution is 5.13. The molecule has 0 aromatic rings. The topological polar surface area (TPSA) is 40.5 Å². The highest BCUT2D eigenvalue weighted by atomic mass is 16.3. The van der Waals surface area contributed by atoms with Crippen LogP contribution in [0.1, 0.15) is 66.2 Å². The first-order valence-electron chi connectivity index (χ1n) is 9.16. The minimum Gasteiger partial charge on any atom is -0.393 e. The second-order valence-electron chi connectivity index (χ2n) is 9.50. The van der Waals surface area contributed by atoms with Crippen molar-refractivity contribution in [1.29, 1.82) is 0 Å². The normalized spacial score (nSPS) is 54.2. The van der Waals surface area contributed by atoms with E-state index >= 15 is 0 Å². The average molecular weight is 306 g/mol. The Morgan fingerprint density at radius 1 is 0.955 bits per heavy atom. The van der Waals surface area contributed by atoms with Crippen molar-refractivity contribution >= 4 is 0 Å². The number of aliphatic hydroxyl groups excluding tert-OH is 2. The van der Waals surface area contributed by atoms with E-state index in [-0.39, 0.29) is 23.0 Å². The highest BCUT2D eigenvalue weighted by Crippen LogP contribution is 2.65. The second-order valence-corrected chi connectivity index (χ2v) is 9.50. The summed E-state index contributed by atoms with van der Waals surface area (Å²) < 4.78 is 0. The summed E-state index contributed by atoms with van der Waals surface area (Å²) in [6, 6.07) is 0. The van der Waals surface area contributed by atoms with Gasteiger partial charge in [0, 0.05) is 5.41 Å². The van der Waals surface area contributed by atoms with Gasteiger partial charge in [-0.05, 0) is 67.1 Å². The predicted octanol–water partition coefficient (Wildman–Crippen LogP) is 4.16. The third-order valence-electron chi connectivity index (χ3n) is 8.12. The molecule has 22 heavy (non-hydrogen) atoms. The first-order chi connectivity index (χ1) is 10.2. The van der Waals surface area contributed by atoms with E-state index in [1.54, 1.807) is 0 Å². The number of hydrogen-bond acceptors (Lipinski definition) is 2. The standard InChI is InChI=1S/C20H34O2/c1-6-19(4)12-9-14-13(17(19)22)7-8-15-18(2,3)11-10-16(21)20(14,15)5/h6,13-17,21-22H,1,7-12H2,2-5H3. The lowest BCUT2D eigenvalue weighted by molar-refractivity contribution is -0.203. The summed E-state index contributed by atoms with van der Waals surface area (Å²) in [7, 11) is 0. The number of aliphatic hydroxyl groups is 2. The summed E-state index contributed by atoms with van der Waals surface area (Å²) in [5.41, 5.74) is 0.122. The molecule has 2 N–H and O–H groups in total. The average Bonchev–Trinajstić information content (AvgIpc) is 2.47. The zero-order valence-corrected chi connectivity index (χ0v) is 14.8. The van der Waals surface area contributed by atoms with Crippen LogP contribution in [-0.2, 0) is 0 Å². The van der Waals surface area contributed by atoms with E-state index < -0.39 is 0 Å². The summed E-state index contributed by atoms with van der Waals surface area (Å²) in [5, 5.41) is 21.9. The van der Waals surface area contributed by atoms with Gasteiger partial charge in [0.1, 0.15) is 0 Å². The molecule has 3 saturated carbocycles. The van der Waals surface area contributed by atoms with Crippen molar-refractivity contribution in [1.82, 2.24) is 0 Å². The van der Waals surface area contributed by atoms with E-state index in [0.29, 0.717) is 23.2 Å². The minimum absolute atomic E-state index is 0.0336. The monoisotopic (exact) mass is 306 g/mol. The van der Waals surface area contributed by atoms with Crippen LogP contribution >= 0.6 is 0 Å². The van der Waals surface area contributed by atoms with Crippen LogP contribution in [-0.4, -0.2) is 22.4 Å². The van der Waals surface area contributed by atoms with Gasteiger partial charge in [-0.2, -0.15) is 0 Å². The molecule has 3 fully saturated rings. The van der Waals surface area contributed by atoms with Crippen LogP contribution in [0.3, 0.4) is 0 Å². The SMILES string of the molecule is C=CC1(C)CCC2C(CCC3C(C)(C)CCC(O)C23C)C1O. The second kappa shape index (κ2) is 5.08. The number of rotatable bonds is 1. The smallest absolute Gasteiger partial charge is 0.0659 e. The van der Waals surface area contributed by atoms with Crippen molar-refractivity contribution in [2.45, 2.75) is 78.4 Å². The van der Waals surface area contributed by atoms with Crippen molar-refractivity contribution in [3.8, 4) is 0 Å².